The van der Waals surface area contributed by atoms with Gasteiger partial charge >= 0.3 is 0 Å². The Kier molecular flexibility index (Phi) is 6.14. The van der Waals surface area contributed by atoms with E-state index in [0.717, 1.165) is 35.9 Å². The first-order chi connectivity index (χ1) is 16.0. The van der Waals surface area contributed by atoms with Crippen molar-refractivity contribution in [1.29, 1.82) is 0 Å². The van der Waals surface area contributed by atoms with Crippen molar-refractivity contribution in [2.45, 2.75) is 75.7 Å². The molecule has 0 radical (unpaired) electrons. The van der Waals surface area contributed by atoms with Crippen molar-refractivity contribution in [1.82, 2.24) is 19.5 Å². The molecule has 0 fully saturated rings. The molecule has 1 N–H and O–H groups in total. The van der Waals surface area contributed by atoms with Crippen LogP contribution in [0.25, 0.3) is 21.1 Å². The summed E-state index contributed by atoms with van der Waals surface area (Å²) in [7, 11) is 0. The van der Waals surface area contributed by atoms with E-state index in [-0.39, 0.29) is 22.4 Å². The summed E-state index contributed by atoms with van der Waals surface area (Å²) in [6.07, 6.45) is 6.39. The van der Waals surface area contributed by atoms with Crippen LogP contribution in [0.3, 0.4) is 0 Å². The summed E-state index contributed by atoms with van der Waals surface area (Å²) in [6.45, 7) is 6.17. The third kappa shape index (κ3) is 4.04. The van der Waals surface area contributed by atoms with Crippen molar-refractivity contribution in [3.8, 4) is 0 Å². The Bertz CT molecular complexity index is 1450. The number of benzene rings is 1. The summed E-state index contributed by atoms with van der Waals surface area (Å²) < 4.78 is 1.86. The first-order valence-electron chi connectivity index (χ1n) is 11.7. The number of hydrogen-bond donors (Lipinski definition) is 1. The number of aromatic amines is 1. The molecule has 0 amide bonds. The highest BCUT2D eigenvalue weighted by molar-refractivity contribution is 7.99. The van der Waals surface area contributed by atoms with Crippen LogP contribution >= 0.6 is 23.1 Å². The molecule has 2 unspecified atom stereocenters. The molecular weight excluding hydrogens is 452 g/mol. The van der Waals surface area contributed by atoms with Gasteiger partial charge in [0.25, 0.3) is 11.1 Å². The summed E-state index contributed by atoms with van der Waals surface area (Å²) in [5.74, 6) is 0.593. The van der Waals surface area contributed by atoms with Gasteiger partial charge in [-0.3, -0.25) is 14.2 Å². The number of fused-ring (bicyclic) bond motifs is 4. The molecule has 6 nitrogen and oxygen atoms in total. The monoisotopic (exact) mass is 480 g/mol. The molecule has 8 heteroatoms. The molecule has 0 aliphatic heterocycles. The molecule has 1 aliphatic rings. The number of hydrogen-bond acceptors (Lipinski definition) is 6. The molecular formula is C25H28N4O2S2. The predicted octanol–water partition coefficient (Wildman–Crippen LogP) is 5.79. The molecule has 0 spiro atoms. The van der Waals surface area contributed by atoms with Gasteiger partial charge in [0.15, 0.2) is 5.16 Å². The van der Waals surface area contributed by atoms with Gasteiger partial charge in [0.1, 0.15) is 10.7 Å². The van der Waals surface area contributed by atoms with Crippen molar-refractivity contribution in [3.05, 3.63) is 61.2 Å². The second-order valence-corrected chi connectivity index (χ2v) is 11.2. The second kappa shape index (κ2) is 9.06. The maximum Gasteiger partial charge on any atom is 0.263 e. The minimum Gasteiger partial charge on any atom is -0.309 e. The van der Waals surface area contributed by atoms with E-state index < -0.39 is 0 Å². The van der Waals surface area contributed by atoms with Crippen LogP contribution in [0.5, 0.6) is 0 Å². The fourth-order valence-corrected chi connectivity index (χ4v) is 6.91. The lowest BCUT2D eigenvalue weighted by Gasteiger charge is -2.19. The summed E-state index contributed by atoms with van der Waals surface area (Å²) in [4.78, 5) is 41.2. The largest absolute Gasteiger partial charge is 0.309 e. The summed E-state index contributed by atoms with van der Waals surface area (Å²) in [6, 6.07) is 7.38. The van der Waals surface area contributed by atoms with Crippen molar-refractivity contribution in [3.63, 3.8) is 0 Å². The molecule has 0 bridgehead atoms. The third-order valence-electron chi connectivity index (χ3n) is 6.57. The summed E-state index contributed by atoms with van der Waals surface area (Å²) >= 11 is 3.17. The second-order valence-electron chi connectivity index (χ2n) is 8.80. The Balaban J connectivity index is 1.61. The molecule has 33 heavy (non-hydrogen) atoms. The number of thioether (sulfide) groups is 1. The van der Waals surface area contributed by atoms with Gasteiger partial charge in [0.2, 0.25) is 0 Å². The third-order valence-corrected chi connectivity index (χ3v) is 8.83. The zero-order valence-electron chi connectivity index (χ0n) is 19.2. The number of aryl methyl sites for hydroxylation is 2. The van der Waals surface area contributed by atoms with Crippen LogP contribution < -0.4 is 11.1 Å². The summed E-state index contributed by atoms with van der Waals surface area (Å²) in [5.41, 5.74) is 1.83. The highest BCUT2D eigenvalue weighted by Gasteiger charge is 2.25. The van der Waals surface area contributed by atoms with E-state index in [0.29, 0.717) is 21.9 Å². The van der Waals surface area contributed by atoms with E-state index in [4.69, 9.17) is 4.98 Å². The zero-order chi connectivity index (χ0) is 23.1. The molecule has 3 aromatic heterocycles. The standard InChI is InChI=1S/C25H28N4O2S2/c1-4-14(2)29-24(31)20-17-11-6-5-7-13-19(17)33-23(20)28-25(29)32-15(3)21-26-18-12-9-8-10-16(18)22(30)27-21/h8-10,12,14-15H,4-7,11,13H2,1-3H3,(H,26,27,30). The number of para-hydroxylation sites is 1. The van der Waals surface area contributed by atoms with Gasteiger partial charge in [0, 0.05) is 10.9 Å². The van der Waals surface area contributed by atoms with Gasteiger partial charge in [-0.2, -0.15) is 0 Å². The molecule has 0 saturated heterocycles. The van der Waals surface area contributed by atoms with Crippen molar-refractivity contribution >= 4 is 44.2 Å². The number of aromatic nitrogens is 4. The smallest absolute Gasteiger partial charge is 0.263 e. The maximum atomic E-state index is 13.8. The zero-order valence-corrected chi connectivity index (χ0v) is 20.8. The maximum absolute atomic E-state index is 13.8. The van der Waals surface area contributed by atoms with E-state index in [1.54, 1.807) is 17.4 Å². The predicted molar refractivity (Wildman–Crippen MR) is 137 cm³/mol. The first-order valence-corrected chi connectivity index (χ1v) is 13.4. The molecule has 1 aliphatic carbocycles. The fourth-order valence-electron chi connectivity index (χ4n) is 4.54. The molecule has 3 heterocycles. The lowest BCUT2D eigenvalue weighted by molar-refractivity contribution is 0.468. The Morgan fingerprint density at radius 1 is 1.12 bits per heavy atom. The topological polar surface area (TPSA) is 80.6 Å². The molecule has 2 atom stereocenters. The summed E-state index contributed by atoms with van der Waals surface area (Å²) in [5, 5.41) is 1.93. The van der Waals surface area contributed by atoms with Crippen LogP contribution in [-0.2, 0) is 12.8 Å². The molecule has 4 aromatic rings. The number of nitrogens with zero attached hydrogens (tertiary/aromatic N) is 3. The Morgan fingerprint density at radius 2 is 1.91 bits per heavy atom. The number of rotatable bonds is 5. The highest BCUT2D eigenvalue weighted by atomic mass is 32.2. The van der Waals surface area contributed by atoms with Crippen molar-refractivity contribution in [2.24, 2.45) is 0 Å². The van der Waals surface area contributed by atoms with E-state index in [1.807, 2.05) is 29.7 Å². The number of thiophene rings is 1. The van der Waals surface area contributed by atoms with Gasteiger partial charge in [-0.1, -0.05) is 37.2 Å². The van der Waals surface area contributed by atoms with Crippen LogP contribution in [0, 0.1) is 0 Å². The van der Waals surface area contributed by atoms with Crippen molar-refractivity contribution in [2.75, 3.05) is 0 Å². The SMILES string of the molecule is CCC(C)n1c(SC(C)c2nc3ccccc3c(=O)[nH]2)nc2sc3c(c2c1=O)CCCCC3. The molecule has 5 rings (SSSR count). The van der Waals surface area contributed by atoms with Gasteiger partial charge in [-0.05, 0) is 63.6 Å². The van der Waals surface area contributed by atoms with Crippen LogP contribution in [0.15, 0.2) is 39.0 Å². The Labute approximate surface area is 200 Å². The van der Waals surface area contributed by atoms with Gasteiger partial charge in [-0.25, -0.2) is 9.97 Å². The van der Waals surface area contributed by atoms with E-state index in [9.17, 15) is 9.59 Å². The minimum atomic E-state index is -0.167. The lowest BCUT2D eigenvalue weighted by atomic mass is 10.1. The molecule has 1 aromatic carbocycles. The normalized spacial score (nSPS) is 16.0. The average Bonchev–Trinajstić information content (AvgIpc) is 2.99. The Hall–Kier alpha value is -2.45. The number of H-pyrrole nitrogens is 1. The quantitative estimate of drug-likeness (QED) is 0.222. The fraction of sp³-hybridized carbons (Fsp3) is 0.440. The van der Waals surface area contributed by atoms with Gasteiger partial charge < -0.3 is 4.98 Å². The van der Waals surface area contributed by atoms with Gasteiger partial charge in [0.05, 0.1) is 21.5 Å². The first kappa shape index (κ1) is 22.3. The Morgan fingerprint density at radius 3 is 2.73 bits per heavy atom. The van der Waals surface area contributed by atoms with Crippen LogP contribution in [0.1, 0.15) is 74.0 Å². The van der Waals surface area contributed by atoms with Crippen molar-refractivity contribution < 1.29 is 0 Å². The van der Waals surface area contributed by atoms with Gasteiger partial charge in [-0.15, -0.1) is 11.3 Å². The van der Waals surface area contributed by atoms with E-state index >= 15 is 0 Å². The van der Waals surface area contributed by atoms with Crippen LogP contribution in [0.2, 0.25) is 0 Å². The van der Waals surface area contributed by atoms with E-state index in [2.05, 4.69) is 23.8 Å². The van der Waals surface area contributed by atoms with E-state index in [1.165, 1.54) is 35.0 Å². The number of nitrogens with one attached hydrogen (secondary N) is 1. The van der Waals surface area contributed by atoms with Crippen LogP contribution in [0.4, 0.5) is 0 Å². The molecule has 172 valence electrons. The highest BCUT2D eigenvalue weighted by Crippen LogP contribution is 2.37. The average molecular weight is 481 g/mol. The molecule has 0 saturated carbocycles. The van der Waals surface area contributed by atoms with Crippen LogP contribution in [-0.4, -0.2) is 19.5 Å². The minimum absolute atomic E-state index is 0.0361. The lowest BCUT2D eigenvalue weighted by Crippen LogP contribution is -2.26.